The Bertz CT molecular complexity index is 594. The number of nitrogens with zero attached hydrogens (tertiary/aromatic N) is 2. The Kier molecular flexibility index (Phi) is 4.68. The monoisotopic (exact) mass is 290 g/mol. The average Bonchev–Trinajstić information content (AvgIpc) is 2.85. The van der Waals surface area contributed by atoms with E-state index in [0.29, 0.717) is 16.6 Å². The largest absolute Gasteiger partial charge is 0.387 e. The zero-order chi connectivity index (χ0) is 14.5. The van der Waals surface area contributed by atoms with Gasteiger partial charge in [0.1, 0.15) is 5.01 Å². The number of anilines is 2. The first-order chi connectivity index (χ1) is 9.60. The van der Waals surface area contributed by atoms with Gasteiger partial charge in [0, 0.05) is 19.2 Å². The van der Waals surface area contributed by atoms with Crippen LogP contribution in [0.3, 0.4) is 0 Å². The van der Waals surface area contributed by atoms with Gasteiger partial charge >= 0.3 is 0 Å². The second-order valence-corrected chi connectivity index (χ2v) is 5.91. The summed E-state index contributed by atoms with van der Waals surface area (Å²) in [7, 11) is 1.79. The van der Waals surface area contributed by atoms with Crippen LogP contribution in [0, 0.1) is 5.92 Å². The number of nitrogens with one attached hydrogen (secondary N) is 2. The Morgan fingerprint density at radius 1 is 1.30 bits per heavy atom. The van der Waals surface area contributed by atoms with Gasteiger partial charge in [-0.2, -0.15) is 0 Å². The molecule has 0 unspecified atom stereocenters. The normalized spacial score (nSPS) is 10.6. The van der Waals surface area contributed by atoms with Crippen molar-refractivity contribution in [1.29, 1.82) is 0 Å². The lowest BCUT2D eigenvalue weighted by Crippen LogP contribution is -2.13. The van der Waals surface area contributed by atoms with E-state index in [4.69, 9.17) is 0 Å². The van der Waals surface area contributed by atoms with Crippen molar-refractivity contribution in [2.45, 2.75) is 20.3 Å². The first kappa shape index (κ1) is 14.5. The highest BCUT2D eigenvalue weighted by Crippen LogP contribution is 2.21. The van der Waals surface area contributed by atoms with E-state index in [-0.39, 0.29) is 5.91 Å². The summed E-state index contributed by atoms with van der Waals surface area (Å²) in [6.07, 6.45) is 0.876. The molecule has 2 rings (SSSR count). The SMILES string of the molecule is CNc1ccccc1C(=O)Nc1nnc(CC(C)C)s1. The van der Waals surface area contributed by atoms with Crippen LogP contribution in [0.25, 0.3) is 0 Å². The summed E-state index contributed by atoms with van der Waals surface area (Å²) in [6, 6.07) is 7.35. The van der Waals surface area contributed by atoms with E-state index < -0.39 is 0 Å². The first-order valence-corrected chi connectivity index (χ1v) is 7.32. The molecule has 0 fully saturated rings. The lowest BCUT2D eigenvalue weighted by molar-refractivity contribution is 0.102. The molecule has 106 valence electrons. The van der Waals surface area contributed by atoms with Gasteiger partial charge in [0.25, 0.3) is 5.91 Å². The van der Waals surface area contributed by atoms with Gasteiger partial charge < -0.3 is 5.32 Å². The number of carbonyl (C=O) groups excluding carboxylic acids is 1. The molecule has 20 heavy (non-hydrogen) atoms. The number of amides is 1. The quantitative estimate of drug-likeness (QED) is 0.888. The Morgan fingerprint density at radius 2 is 2.05 bits per heavy atom. The van der Waals surface area contributed by atoms with Crippen molar-refractivity contribution in [1.82, 2.24) is 10.2 Å². The summed E-state index contributed by atoms with van der Waals surface area (Å²) in [5, 5.41) is 15.4. The van der Waals surface area contributed by atoms with Crippen LogP contribution in [-0.4, -0.2) is 23.2 Å². The minimum atomic E-state index is -0.179. The number of hydrogen-bond donors (Lipinski definition) is 2. The molecule has 2 N–H and O–H groups in total. The highest BCUT2D eigenvalue weighted by atomic mass is 32.1. The van der Waals surface area contributed by atoms with Crippen LogP contribution in [0.4, 0.5) is 10.8 Å². The Hall–Kier alpha value is -1.95. The molecule has 0 bridgehead atoms. The summed E-state index contributed by atoms with van der Waals surface area (Å²) in [5.41, 5.74) is 1.38. The predicted molar refractivity (Wildman–Crippen MR) is 82.4 cm³/mol. The molecule has 0 aliphatic carbocycles. The fourth-order valence-electron chi connectivity index (χ4n) is 1.80. The van der Waals surface area contributed by atoms with Gasteiger partial charge in [-0.25, -0.2) is 0 Å². The lowest BCUT2D eigenvalue weighted by Gasteiger charge is -2.07. The molecule has 0 saturated heterocycles. The molecule has 2 aromatic rings. The second kappa shape index (κ2) is 6.47. The van der Waals surface area contributed by atoms with Crippen molar-refractivity contribution < 1.29 is 4.79 Å². The molecule has 0 radical (unpaired) electrons. The van der Waals surface area contributed by atoms with Gasteiger partial charge in [-0.05, 0) is 18.1 Å². The molecule has 6 heteroatoms. The Labute approximate surface area is 122 Å². The fourth-order valence-corrected chi connectivity index (χ4v) is 2.75. The third kappa shape index (κ3) is 3.54. The molecular formula is C14H18N4OS. The van der Waals surface area contributed by atoms with Crippen molar-refractivity contribution in [3.8, 4) is 0 Å². The number of carbonyl (C=O) groups is 1. The maximum Gasteiger partial charge on any atom is 0.259 e. The minimum absolute atomic E-state index is 0.179. The van der Waals surface area contributed by atoms with E-state index in [9.17, 15) is 4.79 Å². The molecule has 0 aliphatic rings. The summed E-state index contributed by atoms with van der Waals surface area (Å²) in [4.78, 5) is 12.2. The summed E-state index contributed by atoms with van der Waals surface area (Å²) in [5.74, 6) is 0.346. The molecule has 0 atom stereocenters. The Morgan fingerprint density at radius 3 is 2.75 bits per heavy atom. The van der Waals surface area contributed by atoms with Crippen molar-refractivity contribution in [2.24, 2.45) is 5.92 Å². The predicted octanol–water partition coefficient (Wildman–Crippen LogP) is 3.03. The zero-order valence-corrected chi connectivity index (χ0v) is 12.6. The molecular weight excluding hydrogens is 272 g/mol. The van der Waals surface area contributed by atoms with Gasteiger partial charge in [0.15, 0.2) is 0 Å². The Balaban J connectivity index is 2.09. The van der Waals surface area contributed by atoms with E-state index in [2.05, 4.69) is 34.7 Å². The molecule has 1 heterocycles. The summed E-state index contributed by atoms with van der Waals surface area (Å²) in [6.45, 7) is 4.26. The maximum absolute atomic E-state index is 12.2. The van der Waals surface area contributed by atoms with Crippen LogP contribution in [-0.2, 0) is 6.42 Å². The molecule has 5 nitrogen and oxygen atoms in total. The van der Waals surface area contributed by atoms with Gasteiger partial charge in [-0.3, -0.25) is 10.1 Å². The molecule has 0 aliphatic heterocycles. The van der Waals surface area contributed by atoms with E-state index in [0.717, 1.165) is 17.1 Å². The van der Waals surface area contributed by atoms with Gasteiger partial charge in [-0.15, -0.1) is 10.2 Å². The third-order valence-corrected chi connectivity index (χ3v) is 3.57. The van der Waals surface area contributed by atoms with Crippen LogP contribution < -0.4 is 10.6 Å². The third-order valence-electron chi connectivity index (χ3n) is 2.71. The molecule has 1 amide bonds. The molecule has 0 saturated carbocycles. The van der Waals surface area contributed by atoms with Crippen LogP contribution in [0.2, 0.25) is 0 Å². The number of rotatable bonds is 5. The summed E-state index contributed by atoms with van der Waals surface area (Å²) >= 11 is 1.42. The minimum Gasteiger partial charge on any atom is -0.387 e. The smallest absolute Gasteiger partial charge is 0.259 e. The fraction of sp³-hybridized carbons (Fsp3) is 0.357. The molecule has 0 spiro atoms. The maximum atomic E-state index is 12.2. The van der Waals surface area contributed by atoms with Gasteiger partial charge in [0.2, 0.25) is 5.13 Å². The van der Waals surface area contributed by atoms with Crippen molar-refractivity contribution in [3.05, 3.63) is 34.8 Å². The van der Waals surface area contributed by atoms with Crippen molar-refractivity contribution in [2.75, 3.05) is 17.7 Å². The van der Waals surface area contributed by atoms with E-state index >= 15 is 0 Å². The zero-order valence-electron chi connectivity index (χ0n) is 11.8. The number of aromatic nitrogens is 2. The van der Waals surface area contributed by atoms with Gasteiger partial charge in [0.05, 0.1) is 5.56 Å². The van der Waals surface area contributed by atoms with Crippen molar-refractivity contribution >= 4 is 28.1 Å². The highest BCUT2D eigenvalue weighted by molar-refractivity contribution is 7.15. The van der Waals surface area contributed by atoms with Gasteiger partial charge in [-0.1, -0.05) is 37.3 Å². The summed E-state index contributed by atoms with van der Waals surface area (Å²) < 4.78 is 0. The molecule has 1 aromatic heterocycles. The standard InChI is InChI=1S/C14H18N4OS/c1-9(2)8-12-17-18-14(20-12)16-13(19)10-6-4-5-7-11(10)15-3/h4-7,9,15H,8H2,1-3H3,(H,16,18,19). The van der Waals surface area contributed by atoms with E-state index in [1.807, 2.05) is 18.2 Å². The van der Waals surface area contributed by atoms with Crippen molar-refractivity contribution in [3.63, 3.8) is 0 Å². The van der Waals surface area contributed by atoms with E-state index in [1.165, 1.54) is 11.3 Å². The topological polar surface area (TPSA) is 66.9 Å². The number of hydrogen-bond acceptors (Lipinski definition) is 5. The number of para-hydroxylation sites is 1. The molecule has 1 aromatic carbocycles. The van der Waals surface area contributed by atoms with Crippen LogP contribution >= 0.6 is 11.3 Å². The highest BCUT2D eigenvalue weighted by Gasteiger charge is 2.13. The lowest BCUT2D eigenvalue weighted by atomic mass is 10.1. The first-order valence-electron chi connectivity index (χ1n) is 6.50. The van der Waals surface area contributed by atoms with Crippen LogP contribution in [0.1, 0.15) is 29.2 Å². The van der Waals surface area contributed by atoms with E-state index in [1.54, 1.807) is 13.1 Å². The second-order valence-electron chi connectivity index (χ2n) is 4.85. The van der Waals surface area contributed by atoms with Crippen LogP contribution in [0.15, 0.2) is 24.3 Å². The van der Waals surface area contributed by atoms with Crippen LogP contribution in [0.5, 0.6) is 0 Å². The number of benzene rings is 1. The average molecular weight is 290 g/mol.